The van der Waals surface area contributed by atoms with Gasteiger partial charge in [0.15, 0.2) is 5.92 Å². The van der Waals surface area contributed by atoms with Crippen LogP contribution in [0.5, 0.6) is 0 Å². The van der Waals surface area contributed by atoms with E-state index in [0.717, 1.165) is 0 Å². The lowest BCUT2D eigenvalue weighted by molar-refractivity contribution is -0.169. The number of carbonyl (C=O) groups is 2. The molecule has 13 heavy (non-hydrogen) atoms. The van der Waals surface area contributed by atoms with Crippen LogP contribution in [-0.2, 0) is 19.1 Å². The van der Waals surface area contributed by atoms with Crippen LogP contribution in [0.1, 0.15) is 6.42 Å². The fourth-order valence-electron chi connectivity index (χ4n) is 1.82. The molecule has 1 aliphatic carbocycles. The van der Waals surface area contributed by atoms with Gasteiger partial charge in [0.05, 0.1) is 7.11 Å². The van der Waals surface area contributed by atoms with Gasteiger partial charge in [0.2, 0.25) is 0 Å². The second kappa shape index (κ2) is 2.87. The minimum absolute atomic E-state index is 0.0290. The molecule has 2 aliphatic rings. The molecule has 0 radical (unpaired) electrons. The number of carbonyl (C=O) groups excluding carboxylic acids is 2. The van der Waals surface area contributed by atoms with E-state index in [1.807, 2.05) is 12.2 Å². The first kappa shape index (κ1) is 8.29. The smallest absolute Gasteiger partial charge is 0.321 e. The van der Waals surface area contributed by atoms with Crippen molar-refractivity contribution < 1.29 is 19.1 Å². The second-order valence-electron chi connectivity index (χ2n) is 3.26. The molecule has 2 bridgehead atoms. The van der Waals surface area contributed by atoms with Gasteiger partial charge in [-0.1, -0.05) is 6.08 Å². The lowest BCUT2D eigenvalue weighted by atomic mass is 9.90. The number of fused-ring (bicyclic) bond motifs is 2. The average Bonchev–Trinajstić information content (AvgIpc) is 2.48. The van der Waals surface area contributed by atoms with Crippen LogP contribution in [0.25, 0.3) is 0 Å². The zero-order chi connectivity index (χ0) is 9.42. The Labute approximate surface area is 75.5 Å². The number of hydrogen-bond acceptors (Lipinski definition) is 4. The Morgan fingerprint density at radius 2 is 2.38 bits per heavy atom. The monoisotopic (exact) mass is 182 g/mol. The molecule has 0 aromatic carbocycles. The maximum Gasteiger partial charge on any atom is 0.321 e. The van der Waals surface area contributed by atoms with Crippen molar-refractivity contribution in [2.45, 2.75) is 12.5 Å². The van der Waals surface area contributed by atoms with E-state index >= 15 is 0 Å². The second-order valence-corrected chi connectivity index (χ2v) is 3.26. The molecule has 1 saturated heterocycles. The molecule has 2 rings (SSSR count). The average molecular weight is 182 g/mol. The van der Waals surface area contributed by atoms with E-state index in [2.05, 4.69) is 4.74 Å². The van der Waals surface area contributed by atoms with Crippen LogP contribution >= 0.6 is 0 Å². The van der Waals surface area contributed by atoms with Crippen LogP contribution in [0.4, 0.5) is 0 Å². The number of allylic oxidation sites excluding steroid dienone is 1. The van der Waals surface area contributed by atoms with E-state index in [0.29, 0.717) is 6.42 Å². The van der Waals surface area contributed by atoms with Crippen molar-refractivity contribution in [1.82, 2.24) is 0 Å². The van der Waals surface area contributed by atoms with E-state index in [1.165, 1.54) is 7.11 Å². The molecule has 0 N–H and O–H groups in total. The topological polar surface area (TPSA) is 52.6 Å². The van der Waals surface area contributed by atoms with Crippen LogP contribution in [0.15, 0.2) is 12.2 Å². The molecule has 0 aromatic heterocycles. The zero-order valence-electron chi connectivity index (χ0n) is 7.23. The normalized spacial score (nSPS) is 35.8. The van der Waals surface area contributed by atoms with Gasteiger partial charge in [-0.15, -0.1) is 0 Å². The summed E-state index contributed by atoms with van der Waals surface area (Å²) < 4.78 is 9.52. The van der Waals surface area contributed by atoms with E-state index in [9.17, 15) is 9.59 Å². The van der Waals surface area contributed by atoms with Gasteiger partial charge in [0.1, 0.15) is 6.10 Å². The summed E-state index contributed by atoms with van der Waals surface area (Å²) in [6.45, 7) is 0. The highest BCUT2D eigenvalue weighted by atomic mass is 16.6. The van der Waals surface area contributed by atoms with Crippen LogP contribution in [0, 0.1) is 11.8 Å². The Kier molecular flexibility index (Phi) is 1.83. The van der Waals surface area contributed by atoms with Gasteiger partial charge in [0, 0.05) is 5.92 Å². The minimum Gasteiger partial charge on any atom is -0.468 e. The fourth-order valence-corrected chi connectivity index (χ4v) is 1.82. The molecular weight excluding hydrogens is 172 g/mol. The summed E-state index contributed by atoms with van der Waals surface area (Å²) in [5, 5.41) is 0. The van der Waals surface area contributed by atoms with Crippen LogP contribution in [0.2, 0.25) is 0 Å². The van der Waals surface area contributed by atoms with Crippen molar-refractivity contribution in [2.75, 3.05) is 7.11 Å². The van der Waals surface area contributed by atoms with E-state index in [4.69, 9.17) is 4.74 Å². The van der Waals surface area contributed by atoms with Gasteiger partial charge in [0.25, 0.3) is 0 Å². The van der Waals surface area contributed by atoms with Gasteiger partial charge >= 0.3 is 11.9 Å². The summed E-state index contributed by atoms with van der Waals surface area (Å²) in [5.41, 5.74) is 0. The maximum atomic E-state index is 11.3. The molecule has 4 heteroatoms. The lowest BCUT2D eigenvalue weighted by Gasteiger charge is -2.25. The van der Waals surface area contributed by atoms with Crippen LogP contribution in [-0.4, -0.2) is 25.2 Å². The largest absolute Gasteiger partial charge is 0.468 e. The predicted octanol–water partition coefficient (Wildman–Crippen LogP) is 0.277. The molecule has 1 fully saturated rings. The Balaban J connectivity index is 2.21. The molecule has 0 amide bonds. The standard InChI is InChI=1S/C9H10O4/c1-12-8(10)7-5-2-3-6(4-5)13-9(7)11/h2-3,5-7H,4H2,1H3/t5-,6+,7+/m0/s1. The van der Waals surface area contributed by atoms with Gasteiger partial charge < -0.3 is 9.47 Å². The Bertz CT molecular complexity index is 281. The van der Waals surface area contributed by atoms with E-state index in [-0.39, 0.29) is 12.0 Å². The van der Waals surface area contributed by atoms with Crippen molar-refractivity contribution >= 4 is 11.9 Å². The van der Waals surface area contributed by atoms with Gasteiger partial charge in [-0.3, -0.25) is 9.59 Å². The number of esters is 2. The van der Waals surface area contributed by atoms with Crippen molar-refractivity contribution in [2.24, 2.45) is 11.8 Å². The number of methoxy groups -OCH3 is 1. The van der Waals surface area contributed by atoms with Crippen LogP contribution in [0.3, 0.4) is 0 Å². The van der Waals surface area contributed by atoms with Gasteiger partial charge in [-0.05, 0) is 12.5 Å². The highest BCUT2D eigenvalue weighted by Crippen LogP contribution is 2.34. The van der Waals surface area contributed by atoms with E-state index < -0.39 is 17.9 Å². The number of ether oxygens (including phenoxy) is 2. The summed E-state index contributed by atoms with van der Waals surface area (Å²) in [7, 11) is 1.28. The summed E-state index contributed by atoms with van der Waals surface area (Å²) in [5.74, 6) is -1.74. The Morgan fingerprint density at radius 3 is 3.08 bits per heavy atom. The Hall–Kier alpha value is -1.32. The van der Waals surface area contributed by atoms with Crippen molar-refractivity contribution in [1.29, 1.82) is 0 Å². The van der Waals surface area contributed by atoms with Crippen LogP contribution < -0.4 is 0 Å². The van der Waals surface area contributed by atoms with Crippen molar-refractivity contribution in [3.05, 3.63) is 12.2 Å². The Morgan fingerprint density at radius 1 is 1.62 bits per heavy atom. The molecule has 0 saturated carbocycles. The van der Waals surface area contributed by atoms with E-state index in [1.54, 1.807) is 0 Å². The van der Waals surface area contributed by atoms with Gasteiger partial charge in [-0.2, -0.15) is 0 Å². The summed E-state index contributed by atoms with van der Waals surface area (Å²) in [4.78, 5) is 22.5. The summed E-state index contributed by atoms with van der Waals surface area (Å²) in [6.07, 6.45) is 4.27. The van der Waals surface area contributed by atoms with Crippen molar-refractivity contribution in [3.63, 3.8) is 0 Å². The number of rotatable bonds is 1. The third-order valence-electron chi connectivity index (χ3n) is 2.48. The highest BCUT2D eigenvalue weighted by molar-refractivity contribution is 5.96. The fraction of sp³-hybridized carbons (Fsp3) is 0.556. The molecule has 1 aliphatic heterocycles. The molecule has 0 spiro atoms. The van der Waals surface area contributed by atoms with Gasteiger partial charge in [-0.25, -0.2) is 0 Å². The predicted molar refractivity (Wildman–Crippen MR) is 42.6 cm³/mol. The zero-order valence-corrected chi connectivity index (χ0v) is 7.23. The maximum absolute atomic E-state index is 11.3. The van der Waals surface area contributed by atoms with Crippen molar-refractivity contribution in [3.8, 4) is 0 Å². The lowest BCUT2D eigenvalue weighted by Crippen LogP contribution is -2.38. The third-order valence-corrected chi connectivity index (χ3v) is 2.48. The summed E-state index contributed by atoms with van der Waals surface area (Å²) >= 11 is 0. The molecule has 0 unspecified atom stereocenters. The highest BCUT2D eigenvalue weighted by Gasteiger charge is 2.44. The molecule has 4 nitrogen and oxygen atoms in total. The molecule has 0 aromatic rings. The molecular formula is C9H10O4. The third kappa shape index (κ3) is 1.22. The molecule has 3 atom stereocenters. The SMILES string of the molecule is COC(=O)[C@@H]1C(=O)O[C@@H]2C=C[C@H]1C2. The first-order chi connectivity index (χ1) is 6.22. The first-order valence-electron chi connectivity index (χ1n) is 4.19. The molecule has 70 valence electrons. The minimum atomic E-state index is -0.750. The molecule has 1 heterocycles. The number of hydrogen-bond donors (Lipinski definition) is 0. The summed E-state index contributed by atoms with van der Waals surface area (Å²) in [6, 6.07) is 0. The first-order valence-corrected chi connectivity index (χ1v) is 4.19. The quantitative estimate of drug-likeness (QED) is 0.332.